The second-order valence-corrected chi connectivity index (χ2v) is 6.93. The second-order valence-electron chi connectivity index (χ2n) is 5.90. The molecule has 20 heavy (non-hydrogen) atoms. The highest BCUT2D eigenvalue weighted by molar-refractivity contribution is 7.99. The van der Waals surface area contributed by atoms with Crippen molar-refractivity contribution in [3.63, 3.8) is 0 Å². The summed E-state index contributed by atoms with van der Waals surface area (Å²) in [6, 6.07) is -1.04. The monoisotopic (exact) mass is 307 g/mol. The molecule has 118 valence electrons. The van der Waals surface area contributed by atoms with Gasteiger partial charge in [-0.3, -0.25) is 0 Å². The zero-order valence-electron chi connectivity index (χ0n) is 12.7. The average Bonchev–Trinajstić information content (AvgIpc) is 2.24. The molecular formula is C13H25NO5S. The maximum absolute atomic E-state index is 11.5. The summed E-state index contributed by atoms with van der Waals surface area (Å²) in [7, 11) is 0. The van der Waals surface area contributed by atoms with Crippen molar-refractivity contribution in [1.82, 2.24) is 5.32 Å². The molecule has 2 unspecified atom stereocenters. The van der Waals surface area contributed by atoms with Crippen LogP contribution in [0.25, 0.3) is 0 Å². The Bertz CT molecular complexity index is 338. The lowest BCUT2D eigenvalue weighted by Gasteiger charge is -2.23. The summed E-state index contributed by atoms with van der Waals surface area (Å²) in [6.07, 6.45) is -0.176. The number of aliphatic hydroxyl groups is 1. The standard InChI is InChI=1S/C13H25NO5S/c1-6-13(5,18)8-20-7-9(10(15)16)14-11(17)19-12(2,3)4/h9,18H,6-8H2,1-5H3,(H,14,17)(H,15,16). The fraction of sp³-hybridized carbons (Fsp3) is 0.846. The normalized spacial score (nSPS) is 16.1. The van der Waals surface area contributed by atoms with Crippen LogP contribution in [-0.2, 0) is 9.53 Å². The third kappa shape index (κ3) is 9.03. The van der Waals surface area contributed by atoms with Crippen LogP contribution < -0.4 is 5.32 Å². The van der Waals surface area contributed by atoms with E-state index in [1.165, 1.54) is 11.8 Å². The Balaban J connectivity index is 4.32. The maximum atomic E-state index is 11.5. The lowest BCUT2D eigenvalue weighted by Crippen LogP contribution is -2.45. The lowest BCUT2D eigenvalue weighted by molar-refractivity contribution is -0.138. The van der Waals surface area contributed by atoms with E-state index in [2.05, 4.69) is 5.32 Å². The van der Waals surface area contributed by atoms with Crippen LogP contribution in [0.5, 0.6) is 0 Å². The molecule has 0 aromatic heterocycles. The third-order valence-electron chi connectivity index (χ3n) is 2.45. The smallest absolute Gasteiger partial charge is 0.408 e. The van der Waals surface area contributed by atoms with Crippen molar-refractivity contribution in [3.05, 3.63) is 0 Å². The first-order chi connectivity index (χ1) is 8.97. The van der Waals surface area contributed by atoms with Crippen molar-refractivity contribution < 1.29 is 24.5 Å². The van der Waals surface area contributed by atoms with E-state index < -0.39 is 29.3 Å². The van der Waals surface area contributed by atoms with Gasteiger partial charge >= 0.3 is 12.1 Å². The van der Waals surface area contributed by atoms with Crippen LogP contribution in [0.1, 0.15) is 41.0 Å². The number of carboxylic acid groups (broad SMARTS) is 1. The first-order valence-electron chi connectivity index (χ1n) is 6.49. The van der Waals surface area contributed by atoms with Crippen molar-refractivity contribution in [2.24, 2.45) is 0 Å². The van der Waals surface area contributed by atoms with Crippen LogP contribution in [0, 0.1) is 0 Å². The zero-order valence-corrected chi connectivity index (χ0v) is 13.5. The zero-order chi connectivity index (χ0) is 16.0. The molecule has 0 saturated carbocycles. The van der Waals surface area contributed by atoms with Gasteiger partial charge in [-0.2, -0.15) is 11.8 Å². The molecule has 0 heterocycles. The Kier molecular flexibility index (Phi) is 7.37. The summed E-state index contributed by atoms with van der Waals surface area (Å²) in [5.74, 6) is -0.548. The number of thioether (sulfide) groups is 1. The topological polar surface area (TPSA) is 95.9 Å². The van der Waals surface area contributed by atoms with Gasteiger partial charge in [-0.1, -0.05) is 6.92 Å². The number of ether oxygens (including phenoxy) is 1. The minimum atomic E-state index is -1.13. The van der Waals surface area contributed by atoms with E-state index in [0.717, 1.165) is 0 Å². The van der Waals surface area contributed by atoms with E-state index >= 15 is 0 Å². The molecule has 0 spiro atoms. The maximum Gasteiger partial charge on any atom is 0.408 e. The molecule has 3 N–H and O–H groups in total. The molecule has 0 aliphatic heterocycles. The number of aliphatic carboxylic acids is 1. The molecule has 2 atom stereocenters. The van der Waals surface area contributed by atoms with Crippen molar-refractivity contribution >= 4 is 23.8 Å². The highest BCUT2D eigenvalue weighted by Gasteiger charge is 2.25. The van der Waals surface area contributed by atoms with Gasteiger partial charge in [-0.15, -0.1) is 0 Å². The number of carboxylic acids is 1. The summed E-state index contributed by atoms with van der Waals surface area (Å²) >= 11 is 1.28. The van der Waals surface area contributed by atoms with Crippen LogP contribution in [-0.4, -0.2) is 51.0 Å². The Morgan fingerprint density at radius 2 is 1.85 bits per heavy atom. The molecular weight excluding hydrogens is 282 g/mol. The quantitative estimate of drug-likeness (QED) is 0.664. The minimum absolute atomic E-state index is 0.171. The van der Waals surface area contributed by atoms with E-state index in [1.807, 2.05) is 6.92 Å². The van der Waals surface area contributed by atoms with E-state index in [0.29, 0.717) is 12.2 Å². The van der Waals surface area contributed by atoms with Gasteiger partial charge in [-0.05, 0) is 34.1 Å². The number of alkyl carbamates (subject to hydrolysis) is 1. The summed E-state index contributed by atoms with van der Waals surface area (Å²) in [6.45, 7) is 8.66. The Morgan fingerprint density at radius 3 is 2.25 bits per heavy atom. The van der Waals surface area contributed by atoms with E-state index in [1.54, 1.807) is 27.7 Å². The lowest BCUT2D eigenvalue weighted by atomic mass is 10.1. The highest BCUT2D eigenvalue weighted by atomic mass is 32.2. The second kappa shape index (κ2) is 7.73. The predicted octanol–water partition coefficient (Wildman–Crippen LogP) is 1.86. The molecule has 0 radical (unpaired) electrons. The molecule has 0 bridgehead atoms. The molecule has 0 aliphatic rings. The van der Waals surface area contributed by atoms with Crippen LogP contribution in [0.2, 0.25) is 0 Å². The molecule has 0 aromatic carbocycles. The van der Waals surface area contributed by atoms with Gasteiger partial charge in [0.2, 0.25) is 0 Å². The SMILES string of the molecule is CCC(C)(O)CSCC(NC(=O)OC(C)(C)C)C(=O)O. The van der Waals surface area contributed by atoms with Gasteiger partial charge in [0.25, 0.3) is 0 Å². The van der Waals surface area contributed by atoms with Gasteiger partial charge in [0.05, 0.1) is 5.60 Å². The van der Waals surface area contributed by atoms with Gasteiger partial charge in [0.1, 0.15) is 11.6 Å². The van der Waals surface area contributed by atoms with Crippen molar-refractivity contribution in [1.29, 1.82) is 0 Å². The van der Waals surface area contributed by atoms with Gasteiger partial charge in [-0.25, -0.2) is 9.59 Å². The summed E-state index contributed by atoms with van der Waals surface area (Å²) in [5, 5.41) is 21.2. The summed E-state index contributed by atoms with van der Waals surface area (Å²) in [5.41, 5.74) is -1.51. The molecule has 0 aliphatic carbocycles. The van der Waals surface area contributed by atoms with Crippen LogP contribution >= 0.6 is 11.8 Å². The molecule has 0 rings (SSSR count). The van der Waals surface area contributed by atoms with Crippen LogP contribution in [0.15, 0.2) is 0 Å². The van der Waals surface area contributed by atoms with Crippen LogP contribution in [0.4, 0.5) is 4.79 Å². The number of carbonyl (C=O) groups is 2. The fourth-order valence-corrected chi connectivity index (χ4v) is 2.35. The Labute approximate surface area is 124 Å². The first-order valence-corrected chi connectivity index (χ1v) is 7.65. The van der Waals surface area contributed by atoms with Crippen molar-refractivity contribution in [2.45, 2.75) is 58.3 Å². The molecule has 0 fully saturated rings. The first kappa shape index (κ1) is 19.1. The van der Waals surface area contributed by atoms with Gasteiger partial charge in [0, 0.05) is 11.5 Å². The molecule has 7 heteroatoms. The summed E-state index contributed by atoms with van der Waals surface area (Å²) < 4.78 is 5.01. The number of hydrogen-bond acceptors (Lipinski definition) is 5. The van der Waals surface area contributed by atoms with Gasteiger partial charge in [0.15, 0.2) is 0 Å². The highest BCUT2D eigenvalue weighted by Crippen LogP contribution is 2.17. The number of rotatable bonds is 7. The molecule has 0 saturated heterocycles. The minimum Gasteiger partial charge on any atom is -0.480 e. The number of carbonyl (C=O) groups excluding carboxylic acids is 1. The van der Waals surface area contributed by atoms with Crippen molar-refractivity contribution in [2.75, 3.05) is 11.5 Å². The fourth-order valence-electron chi connectivity index (χ4n) is 1.12. The van der Waals surface area contributed by atoms with Crippen LogP contribution in [0.3, 0.4) is 0 Å². The number of amides is 1. The number of nitrogens with one attached hydrogen (secondary N) is 1. The van der Waals surface area contributed by atoms with Gasteiger partial charge < -0.3 is 20.3 Å². The van der Waals surface area contributed by atoms with Crippen molar-refractivity contribution in [3.8, 4) is 0 Å². The molecule has 6 nitrogen and oxygen atoms in total. The average molecular weight is 307 g/mol. The molecule has 0 aromatic rings. The van der Waals surface area contributed by atoms with E-state index in [9.17, 15) is 14.7 Å². The Hall–Kier alpha value is -0.950. The number of hydrogen-bond donors (Lipinski definition) is 3. The molecule has 1 amide bonds. The van der Waals surface area contributed by atoms with E-state index in [4.69, 9.17) is 9.84 Å². The Morgan fingerprint density at radius 1 is 1.30 bits per heavy atom. The van der Waals surface area contributed by atoms with E-state index in [-0.39, 0.29) is 5.75 Å². The largest absolute Gasteiger partial charge is 0.480 e. The summed E-state index contributed by atoms with van der Waals surface area (Å²) in [4.78, 5) is 22.6. The predicted molar refractivity (Wildman–Crippen MR) is 79.0 cm³/mol. The third-order valence-corrected chi connectivity index (χ3v) is 3.84.